The lowest BCUT2D eigenvalue weighted by Gasteiger charge is -2.38. The molecule has 4 rings (SSSR count). The van der Waals surface area contributed by atoms with Crippen molar-refractivity contribution in [3.8, 4) is 0 Å². The molecule has 1 aliphatic heterocycles. The Morgan fingerprint density at radius 2 is 1.96 bits per heavy atom. The zero-order chi connectivity index (χ0) is 18.4. The first-order valence-electron chi connectivity index (χ1n) is 8.70. The molecule has 2 aliphatic rings. The molecule has 2 aromatic carbocycles. The van der Waals surface area contributed by atoms with Gasteiger partial charge in [-0.2, -0.15) is 0 Å². The number of nitrogens with zero attached hydrogens (tertiary/aromatic N) is 1. The Kier molecular flexibility index (Phi) is 4.45. The average molecular weight is 387 g/mol. The first kappa shape index (κ1) is 17.4. The standard InChI is InChI=1S/C21H20Cl2N2O/c1-25(2)21(26)17-8-4-7-15-13-5-3-6-14(13)19(24-20(15)17)16-10-9-12(22)11-18(16)23/h3-5,7-11,13-14,19,24H,6H2,1-2H3. The lowest BCUT2D eigenvalue weighted by Crippen LogP contribution is -2.32. The number of anilines is 1. The molecule has 1 aliphatic carbocycles. The van der Waals surface area contributed by atoms with E-state index in [0.717, 1.165) is 17.7 Å². The van der Waals surface area contributed by atoms with Gasteiger partial charge in [-0.25, -0.2) is 0 Å². The third-order valence-electron chi connectivity index (χ3n) is 5.33. The Hall–Kier alpha value is -1.97. The van der Waals surface area contributed by atoms with Crippen molar-refractivity contribution in [3.63, 3.8) is 0 Å². The van der Waals surface area contributed by atoms with Crippen LogP contribution < -0.4 is 5.32 Å². The second kappa shape index (κ2) is 6.64. The van der Waals surface area contributed by atoms with E-state index in [0.29, 0.717) is 21.5 Å². The monoisotopic (exact) mass is 386 g/mol. The van der Waals surface area contributed by atoms with Crippen LogP contribution in [0.15, 0.2) is 48.6 Å². The summed E-state index contributed by atoms with van der Waals surface area (Å²) < 4.78 is 0. The zero-order valence-electron chi connectivity index (χ0n) is 14.7. The number of benzene rings is 2. The van der Waals surface area contributed by atoms with Gasteiger partial charge >= 0.3 is 0 Å². The topological polar surface area (TPSA) is 32.3 Å². The van der Waals surface area contributed by atoms with Crippen molar-refractivity contribution in [2.24, 2.45) is 5.92 Å². The van der Waals surface area contributed by atoms with Gasteiger partial charge in [-0.15, -0.1) is 0 Å². The predicted octanol–water partition coefficient (Wildman–Crippen LogP) is 5.52. The zero-order valence-corrected chi connectivity index (χ0v) is 16.2. The fourth-order valence-electron chi connectivity index (χ4n) is 4.10. The summed E-state index contributed by atoms with van der Waals surface area (Å²) in [5.41, 5.74) is 3.81. The second-order valence-corrected chi connectivity index (χ2v) is 7.95. The normalized spacial score (nSPS) is 23.2. The number of hydrogen-bond donors (Lipinski definition) is 1. The van der Waals surface area contributed by atoms with Gasteiger partial charge in [0, 0.05) is 30.1 Å². The van der Waals surface area contributed by atoms with Gasteiger partial charge in [-0.05, 0) is 41.7 Å². The van der Waals surface area contributed by atoms with Gasteiger partial charge in [0.1, 0.15) is 0 Å². The summed E-state index contributed by atoms with van der Waals surface area (Å²) in [6.07, 6.45) is 5.46. The van der Waals surface area contributed by atoms with Gasteiger partial charge in [-0.3, -0.25) is 4.79 Å². The maximum atomic E-state index is 12.7. The molecule has 2 aromatic rings. The van der Waals surface area contributed by atoms with Crippen molar-refractivity contribution in [1.29, 1.82) is 0 Å². The molecule has 0 fully saturated rings. The highest BCUT2D eigenvalue weighted by Gasteiger charge is 2.40. The van der Waals surface area contributed by atoms with Crippen LogP contribution in [0.1, 0.15) is 39.9 Å². The van der Waals surface area contributed by atoms with Gasteiger partial charge < -0.3 is 10.2 Å². The Labute approximate surface area is 163 Å². The fraction of sp³-hybridized carbons (Fsp3) is 0.286. The molecule has 0 spiro atoms. The molecular weight excluding hydrogens is 367 g/mol. The predicted molar refractivity (Wildman–Crippen MR) is 107 cm³/mol. The average Bonchev–Trinajstić information content (AvgIpc) is 3.10. The molecule has 0 radical (unpaired) electrons. The van der Waals surface area contributed by atoms with Gasteiger partial charge in [-0.1, -0.05) is 53.6 Å². The number of carbonyl (C=O) groups is 1. The van der Waals surface area contributed by atoms with E-state index >= 15 is 0 Å². The molecule has 0 aromatic heterocycles. The number of hydrogen-bond acceptors (Lipinski definition) is 2. The maximum Gasteiger partial charge on any atom is 0.255 e. The van der Waals surface area contributed by atoms with E-state index < -0.39 is 0 Å². The van der Waals surface area contributed by atoms with E-state index in [1.165, 1.54) is 5.56 Å². The highest BCUT2D eigenvalue weighted by molar-refractivity contribution is 6.35. The minimum atomic E-state index is -0.00395. The Bertz CT molecular complexity index is 907. The van der Waals surface area contributed by atoms with Crippen molar-refractivity contribution in [2.75, 3.05) is 19.4 Å². The van der Waals surface area contributed by atoms with Crippen molar-refractivity contribution in [1.82, 2.24) is 4.90 Å². The van der Waals surface area contributed by atoms with Gasteiger partial charge in [0.2, 0.25) is 0 Å². The molecule has 1 amide bonds. The summed E-state index contributed by atoms with van der Waals surface area (Å²) in [4.78, 5) is 14.3. The molecule has 3 atom stereocenters. The largest absolute Gasteiger partial charge is 0.377 e. The number of nitrogens with one attached hydrogen (secondary N) is 1. The van der Waals surface area contributed by atoms with Crippen LogP contribution in [0.25, 0.3) is 0 Å². The first-order chi connectivity index (χ1) is 12.5. The minimum Gasteiger partial charge on any atom is -0.377 e. The SMILES string of the molecule is CN(C)C(=O)c1cccc2c1NC(c1ccc(Cl)cc1Cl)C1CC=CC21. The minimum absolute atomic E-state index is 0.00395. The summed E-state index contributed by atoms with van der Waals surface area (Å²) in [6.45, 7) is 0. The quantitative estimate of drug-likeness (QED) is 0.688. The van der Waals surface area contributed by atoms with E-state index in [9.17, 15) is 4.79 Å². The number of amides is 1. The second-order valence-electron chi connectivity index (χ2n) is 7.11. The summed E-state index contributed by atoms with van der Waals surface area (Å²) in [5, 5.41) is 4.91. The third kappa shape index (κ3) is 2.80. The molecular formula is C21H20Cl2N2O. The van der Waals surface area contributed by atoms with Crippen LogP contribution in [-0.2, 0) is 0 Å². The Balaban J connectivity index is 1.84. The molecule has 3 nitrogen and oxygen atoms in total. The molecule has 0 bridgehead atoms. The smallest absolute Gasteiger partial charge is 0.255 e. The van der Waals surface area contributed by atoms with E-state index in [1.807, 2.05) is 24.3 Å². The summed E-state index contributed by atoms with van der Waals surface area (Å²) in [6, 6.07) is 11.6. The number of halogens is 2. The molecule has 26 heavy (non-hydrogen) atoms. The summed E-state index contributed by atoms with van der Waals surface area (Å²) in [5.74, 6) is 0.638. The lowest BCUT2D eigenvalue weighted by atomic mass is 9.76. The number of allylic oxidation sites excluding steroid dienone is 2. The Morgan fingerprint density at radius 3 is 2.69 bits per heavy atom. The van der Waals surface area contributed by atoms with Crippen LogP contribution >= 0.6 is 23.2 Å². The lowest BCUT2D eigenvalue weighted by molar-refractivity contribution is 0.0828. The number of carbonyl (C=O) groups excluding carboxylic acids is 1. The van der Waals surface area contributed by atoms with Crippen LogP contribution in [0.5, 0.6) is 0 Å². The molecule has 1 heterocycles. The first-order valence-corrected chi connectivity index (χ1v) is 9.45. The van der Waals surface area contributed by atoms with Crippen molar-refractivity contribution in [2.45, 2.75) is 18.4 Å². The molecule has 1 N–H and O–H groups in total. The molecule has 3 unspecified atom stereocenters. The van der Waals surface area contributed by atoms with Crippen molar-refractivity contribution >= 4 is 34.8 Å². The van der Waals surface area contributed by atoms with Crippen LogP contribution in [0.4, 0.5) is 5.69 Å². The summed E-state index contributed by atoms with van der Waals surface area (Å²) >= 11 is 12.6. The number of fused-ring (bicyclic) bond motifs is 3. The van der Waals surface area contributed by atoms with Gasteiger partial charge in [0.15, 0.2) is 0 Å². The number of rotatable bonds is 2. The molecule has 134 valence electrons. The van der Waals surface area contributed by atoms with Gasteiger partial charge in [0.25, 0.3) is 5.91 Å². The molecule has 5 heteroatoms. The van der Waals surface area contributed by atoms with Crippen LogP contribution in [0, 0.1) is 5.92 Å². The van der Waals surface area contributed by atoms with Crippen molar-refractivity contribution < 1.29 is 4.79 Å². The number of para-hydroxylation sites is 1. The van der Waals surface area contributed by atoms with Crippen LogP contribution in [-0.4, -0.2) is 24.9 Å². The summed E-state index contributed by atoms with van der Waals surface area (Å²) in [7, 11) is 3.55. The maximum absolute atomic E-state index is 12.7. The molecule has 0 saturated heterocycles. The highest BCUT2D eigenvalue weighted by atomic mass is 35.5. The fourth-order valence-corrected chi connectivity index (χ4v) is 4.63. The van der Waals surface area contributed by atoms with Gasteiger partial charge in [0.05, 0.1) is 17.3 Å². The van der Waals surface area contributed by atoms with Crippen LogP contribution in [0.3, 0.4) is 0 Å². The van der Waals surface area contributed by atoms with Crippen molar-refractivity contribution in [3.05, 3.63) is 75.3 Å². The van der Waals surface area contributed by atoms with Crippen LogP contribution in [0.2, 0.25) is 10.0 Å². The Morgan fingerprint density at radius 1 is 1.15 bits per heavy atom. The van der Waals surface area contributed by atoms with E-state index in [2.05, 4.69) is 23.5 Å². The van der Waals surface area contributed by atoms with E-state index in [-0.39, 0.29) is 17.9 Å². The van der Waals surface area contributed by atoms with E-state index in [4.69, 9.17) is 23.2 Å². The van der Waals surface area contributed by atoms with E-state index in [1.54, 1.807) is 25.1 Å². The highest BCUT2D eigenvalue weighted by Crippen LogP contribution is 2.51. The third-order valence-corrected chi connectivity index (χ3v) is 5.89. The molecule has 0 saturated carbocycles.